The Kier molecular flexibility index (Phi) is 4.08. The molecule has 28 heavy (non-hydrogen) atoms. The normalized spacial score (nSPS) is 37.8. The highest BCUT2D eigenvalue weighted by Gasteiger charge is 2.69. The molecule has 5 atom stereocenters. The molecule has 1 aliphatic heterocycles. The van der Waals surface area contributed by atoms with Gasteiger partial charge >= 0.3 is 0 Å². The number of thiocarbonyl (C=S) groups is 1. The summed E-state index contributed by atoms with van der Waals surface area (Å²) in [5.74, 6) is -0.917. The number of isothiocyanates is 1. The fourth-order valence-electron chi connectivity index (χ4n) is 5.74. The monoisotopic (exact) mass is 414 g/mol. The van der Waals surface area contributed by atoms with Crippen LogP contribution in [0.2, 0.25) is 0 Å². The topological polar surface area (TPSA) is 49.7 Å². The van der Waals surface area contributed by atoms with Crippen LogP contribution in [0.5, 0.6) is 0 Å². The van der Waals surface area contributed by atoms with Crippen LogP contribution in [0, 0.1) is 16.7 Å². The third-order valence-corrected chi connectivity index (χ3v) is 8.25. The van der Waals surface area contributed by atoms with Crippen molar-refractivity contribution in [1.82, 2.24) is 0 Å². The van der Waals surface area contributed by atoms with Crippen molar-refractivity contribution in [2.24, 2.45) is 21.7 Å². The van der Waals surface area contributed by atoms with Gasteiger partial charge in [0, 0.05) is 29.4 Å². The average molecular weight is 415 g/mol. The number of rotatable bonds is 2. The Morgan fingerprint density at radius 2 is 2.04 bits per heavy atom. The predicted molar refractivity (Wildman–Crippen MR) is 114 cm³/mol. The Morgan fingerprint density at radius 3 is 2.64 bits per heavy atom. The molecule has 3 aliphatic rings. The minimum absolute atomic E-state index is 0.000659. The van der Waals surface area contributed by atoms with Crippen LogP contribution >= 0.6 is 23.8 Å². The Balaban J connectivity index is 2.24. The number of anilines is 1. The average Bonchev–Trinajstić information content (AvgIpc) is 2.90. The molecule has 0 saturated heterocycles. The van der Waals surface area contributed by atoms with E-state index in [-0.39, 0.29) is 17.1 Å². The molecule has 0 radical (unpaired) electrons. The summed E-state index contributed by atoms with van der Waals surface area (Å²) in [4.78, 5) is 33.6. The number of alkyl halides is 1. The van der Waals surface area contributed by atoms with Crippen molar-refractivity contribution in [1.29, 1.82) is 0 Å². The molecule has 2 aliphatic carbocycles. The summed E-state index contributed by atoms with van der Waals surface area (Å²) in [7, 11) is 1.78. The van der Waals surface area contributed by atoms with Crippen molar-refractivity contribution in [3.63, 3.8) is 0 Å². The highest BCUT2D eigenvalue weighted by molar-refractivity contribution is 7.78. The van der Waals surface area contributed by atoms with Crippen LogP contribution in [-0.2, 0) is 15.1 Å². The fourth-order valence-corrected chi connectivity index (χ4v) is 6.30. The number of ketones is 1. The standard InChI is InChI=1S/C22H23ClN2O2S/c1-6-21(4)15(23)10-13-18(26)22(21,24-11-28)12-8-7-9-14-16(12)17(20(13,2)3)19(27)25(14)5/h6-9,13,15,17H,1,10H2,2-5H3/t13-,15+,17-,21+,22+/m0/s1. The third kappa shape index (κ3) is 1.93. The van der Waals surface area contributed by atoms with Gasteiger partial charge in [0.2, 0.25) is 5.91 Å². The van der Waals surface area contributed by atoms with Gasteiger partial charge in [0.1, 0.15) is 0 Å². The van der Waals surface area contributed by atoms with Crippen LogP contribution in [-0.4, -0.2) is 29.3 Å². The van der Waals surface area contributed by atoms with E-state index in [0.717, 1.165) is 11.3 Å². The molecule has 2 bridgehead atoms. The second-order valence-electron chi connectivity index (χ2n) is 8.91. The third-order valence-electron chi connectivity index (χ3n) is 7.53. The van der Waals surface area contributed by atoms with E-state index in [4.69, 9.17) is 23.8 Å². The second kappa shape index (κ2) is 5.85. The van der Waals surface area contributed by atoms with Gasteiger partial charge in [0.25, 0.3) is 0 Å². The first-order valence-electron chi connectivity index (χ1n) is 9.41. The molecule has 1 heterocycles. The van der Waals surface area contributed by atoms with E-state index in [0.29, 0.717) is 12.0 Å². The SMILES string of the molecule is C=C[C@]1(C)[C@H](Cl)C[C@H]2C(=O)[C@]1(N=C=S)c1cccc3c1[C@@H](C(=O)N3C)C2(C)C. The van der Waals surface area contributed by atoms with Crippen LogP contribution in [0.4, 0.5) is 5.69 Å². The lowest BCUT2D eigenvalue weighted by Gasteiger charge is -2.52. The summed E-state index contributed by atoms with van der Waals surface area (Å²) >= 11 is 11.9. The molecular weight excluding hydrogens is 392 g/mol. The van der Waals surface area contributed by atoms with Gasteiger partial charge in [0.15, 0.2) is 11.3 Å². The molecule has 4 nitrogen and oxygen atoms in total. The molecule has 1 aromatic carbocycles. The molecule has 146 valence electrons. The fraction of sp³-hybridized carbons (Fsp3) is 0.500. The zero-order chi connectivity index (χ0) is 20.6. The minimum Gasteiger partial charge on any atom is -0.315 e. The van der Waals surface area contributed by atoms with E-state index in [9.17, 15) is 9.59 Å². The molecule has 1 fully saturated rings. The summed E-state index contributed by atoms with van der Waals surface area (Å²) in [6, 6.07) is 5.68. The molecule has 4 rings (SSSR count). The van der Waals surface area contributed by atoms with Crippen LogP contribution in [0.25, 0.3) is 0 Å². The first kappa shape index (κ1) is 19.5. The Bertz CT molecular complexity index is 983. The van der Waals surface area contributed by atoms with Gasteiger partial charge in [-0.25, -0.2) is 4.99 Å². The van der Waals surface area contributed by atoms with E-state index in [1.54, 1.807) is 18.0 Å². The lowest BCUT2D eigenvalue weighted by molar-refractivity contribution is -0.141. The first-order valence-corrected chi connectivity index (χ1v) is 10.3. The van der Waals surface area contributed by atoms with E-state index >= 15 is 0 Å². The summed E-state index contributed by atoms with van der Waals surface area (Å²) in [5, 5.41) is 2.09. The number of amides is 1. The Hall–Kier alpha value is -1.81. The first-order chi connectivity index (χ1) is 13.1. The molecule has 0 spiro atoms. The molecule has 1 aromatic rings. The molecule has 0 aromatic heterocycles. The van der Waals surface area contributed by atoms with E-state index in [1.807, 2.05) is 39.0 Å². The lowest BCUT2D eigenvalue weighted by Crippen LogP contribution is -2.60. The minimum atomic E-state index is -1.34. The van der Waals surface area contributed by atoms with Crippen LogP contribution in [0.15, 0.2) is 35.8 Å². The zero-order valence-electron chi connectivity index (χ0n) is 16.5. The summed E-state index contributed by atoms with van der Waals surface area (Å²) < 4.78 is 0. The van der Waals surface area contributed by atoms with Crippen LogP contribution < -0.4 is 4.90 Å². The zero-order valence-corrected chi connectivity index (χ0v) is 18.0. The van der Waals surface area contributed by atoms with Crippen molar-refractivity contribution in [2.75, 3.05) is 11.9 Å². The van der Waals surface area contributed by atoms with Gasteiger partial charge in [0.05, 0.1) is 11.1 Å². The summed E-state index contributed by atoms with van der Waals surface area (Å²) in [5.41, 5.74) is -0.426. The van der Waals surface area contributed by atoms with Crippen molar-refractivity contribution < 1.29 is 9.59 Å². The maximum absolute atomic E-state index is 14.1. The molecule has 1 saturated carbocycles. The number of carbonyl (C=O) groups is 2. The number of aliphatic imine (C=N–C) groups is 1. The van der Waals surface area contributed by atoms with Gasteiger partial charge in [-0.2, -0.15) is 0 Å². The number of likely N-dealkylation sites (N-methyl/N-ethyl adjacent to an activating group) is 1. The predicted octanol–water partition coefficient (Wildman–Crippen LogP) is 4.47. The maximum Gasteiger partial charge on any atom is 0.234 e. The number of hydrogen-bond donors (Lipinski definition) is 0. The molecule has 0 unspecified atom stereocenters. The number of halogens is 1. The van der Waals surface area contributed by atoms with Gasteiger partial charge in [-0.15, -0.1) is 18.2 Å². The van der Waals surface area contributed by atoms with Crippen molar-refractivity contribution in [3.05, 3.63) is 42.0 Å². The second-order valence-corrected chi connectivity index (χ2v) is 9.62. The van der Waals surface area contributed by atoms with E-state index in [2.05, 4.69) is 16.7 Å². The van der Waals surface area contributed by atoms with Gasteiger partial charge < -0.3 is 4.90 Å². The maximum atomic E-state index is 14.1. The Labute approximate surface area is 175 Å². The number of Topliss-reactive ketones (excluding diaryl/α,β-unsaturated/α-hetero) is 1. The van der Waals surface area contributed by atoms with Crippen molar-refractivity contribution in [2.45, 2.75) is 44.0 Å². The van der Waals surface area contributed by atoms with E-state index < -0.39 is 28.2 Å². The van der Waals surface area contributed by atoms with Crippen molar-refractivity contribution in [3.8, 4) is 0 Å². The molecule has 0 N–H and O–H groups in total. The highest BCUT2D eigenvalue weighted by Crippen LogP contribution is 2.66. The summed E-state index contributed by atoms with van der Waals surface area (Å²) in [6.07, 6.45) is 2.18. The number of carbonyl (C=O) groups excluding carboxylic acids is 2. The van der Waals surface area contributed by atoms with E-state index in [1.165, 1.54) is 0 Å². The molecule has 1 amide bonds. The van der Waals surface area contributed by atoms with Crippen LogP contribution in [0.1, 0.15) is 44.2 Å². The number of fused-ring (bicyclic) bond motifs is 3. The van der Waals surface area contributed by atoms with Gasteiger partial charge in [-0.3, -0.25) is 9.59 Å². The number of hydrogen-bond acceptors (Lipinski definition) is 4. The smallest absolute Gasteiger partial charge is 0.234 e. The quantitative estimate of drug-likeness (QED) is 0.310. The van der Waals surface area contributed by atoms with Gasteiger partial charge in [-0.05, 0) is 41.2 Å². The molecule has 6 heteroatoms. The lowest BCUT2D eigenvalue weighted by atomic mass is 9.53. The number of nitrogens with zero attached hydrogens (tertiary/aromatic N) is 2. The Morgan fingerprint density at radius 1 is 1.36 bits per heavy atom. The molecular formula is C22H23ClN2O2S. The van der Waals surface area contributed by atoms with Crippen LogP contribution in [0.3, 0.4) is 0 Å². The largest absolute Gasteiger partial charge is 0.315 e. The van der Waals surface area contributed by atoms with Crippen molar-refractivity contribution >= 4 is 46.4 Å². The number of benzene rings is 1. The highest BCUT2D eigenvalue weighted by atomic mass is 35.5. The summed E-state index contributed by atoms with van der Waals surface area (Å²) in [6.45, 7) is 9.91. The van der Waals surface area contributed by atoms with Gasteiger partial charge in [-0.1, -0.05) is 39.0 Å².